The van der Waals surface area contributed by atoms with E-state index in [1.54, 1.807) is 14.0 Å². The van der Waals surface area contributed by atoms with E-state index in [4.69, 9.17) is 10.5 Å². The molecule has 0 aliphatic heterocycles. The third-order valence-corrected chi connectivity index (χ3v) is 2.96. The molecule has 0 bridgehead atoms. The van der Waals surface area contributed by atoms with Crippen molar-refractivity contribution in [2.24, 2.45) is 5.73 Å². The van der Waals surface area contributed by atoms with E-state index in [2.05, 4.69) is 10.6 Å². The minimum Gasteiger partial charge on any atom is -0.496 e. The summed E-state index contributed by atoms with van der Waals surface area (Å²) in [6.07, 6.45) is 0. The average Bonchev–Trinajstić information content (AvgIpc) is 2.37. The molecular weight excluding hydrogens is 258 g/mol. The van der Waals surface area contributed by atoms with Gasteiger partial charge in [0.05, 0.1) is 13.2 Å². The molecule has 0 unspecified atom stereocenters. The number of carbonyl (C=O) groups is 2. The lowest BCUT2D eigenvalue weighted by Crippen LogP contribution is -2.47. The van der Waals surface area contributed by atoms with Gasteiger partial charge in [-0.05, 0) is 26.8 Å². The Kier molecular flexibility index (Phi) is 5.37. The van der Waals surface area contributed by atoms with Gasteiger partial charge in [0.2, 0.25) is 5.91 Å². The second-order valence-corrected chi connectivity index (χ2v) is 4.71. The highest BCUT2D eigenvalue weighted by atomic mass is 16.5. The Labute approximate surface area is 118 Å². The van der Waals surface area contributed by atoms with Gasteiger partial charge in [0.25, 0.3) is 0 Å². The standard InChI is InChI=1S/C14H21N3O3/c1-8-5-6-12(20-4)11(7-8)9(2)16-13(18)10(3)17-14(15)19/h5-7,9-10H,1-4H3,(H,16,18)(H3,15,17,19)/t9-,10-/m0/s1. The zero-order valence-corrected chi connectivity index (χ0v) is 12.2. The Morgan fingerprint density at radius 1 is 1.25 bits per heavy atom. The Morgan fingerprint density at radius 2 is 1.90 bits per heavy atom. The predicted octanol–water partition coefficient (Wildman–Crippen LogP) is 1.24. The molecular formula is C14H21N3O3. The molecule has 0 aromatic heterocycles. The van der Waals surface area contributed by atoms with Crippen molar-refractivity contribution in [3.63, 3.8) is 0 Å². The van der Waals surface area contributed by atoms with Crippen molar-refractivity contribution in [1.82, 2.24) is 10.6 Å². The zero-order valence-electron chi connectivity index (χ0n) is 12.2. The first-order valence-corrected chi connectivity index (χ1v) is 6.36. The summed E-state index contributed by atoms with van der Waals surface area (Å²) in [5.41, 5.74) is 6.94. The van der Waals surface area contributed by atoms with Crippen LogP contribution in [0.5, 0.6) is 5.75 Å². The summed E-state index contributed by atoms with van der Waals surface area (Å²) in [5.74, 6) is 0.402. The first-order valence-electron chi connectivity index (χ1n) is 6.36. The van der Waals surface area contributed by atoms with Crippen molar-refractivity contribution in [2.45, 2.75) is 32.9 Å². The minimum atomic E-state index is -0.728. The number of primary amides is 1. The van der Waals surface area contributed by atoms with Crippen LogP contribution in [0.2, 0.25) is 0 Å². The molecule has 110 valence electrons. The molecule has 1 aromatic rings. The first kappa shape index (κ1) is 15.8. The lowest BCUT2D eigenvalue weighted by atomic mass is 10.0. The van der Waals surface area contributed by atoms with Crippen molar-refractivity contribution in [3.05, 3.63) is 29.3 Å². The van der Waals surface area contributed by atoms with Crippen molar-refractivity contribution in [3.8, 4) is 5.75 Å². The third-order valence-electron chi connectivity index (χ3n) is 2.96. The largest absolute Gasteiger partial charge is 0.496 e. The normalized spacial score (nSPS) is 13.2. The SMILES string of the molecule is COc1ccc(C)cc1[C@H](C)NC(=O)[C@H](C)NC(N)=O. The number of rotatable bonds is 5. The van der Waals surface area contributed by atoms with Crippen molar-refractivity contribution < 1.29 is 14.3 Å². The molecule has 0 spiro atoms. The van der Waals surface area contributed by atoms with Crippen LogP contribution in [-0.2, 0) is 4.79 Å². The fourth-order valence-corrected chi connectivity index (χ4v) is 1.89. The number of benzene rings is 1. The molecule has 0 aliphatic carbocycles. The zero-order chi connectivity index (χ0) is 15.3. The van der Waals surface area contributed by atoms with Crippen molar-refractivity contribution in [1.29, 1.82) is 0 Å². The molecule has 0 heterocycles. The predicted molar refractivity (Wildman–Crippen MR) is 76.5 cm³/mol. The van der Waals surface area contributed by atoms with Gasteiger partial charge in [-0.15, -0.1) is 0 Å². The van der Waals surface area contributed by atoms with E-state index in [0.29, 0.717) is 5.75 Å². The number of carbonyl (C=O) groups excluding carboxylic acids is 2. The molecule has 6 heteroatoms. The molecule has 4 N–H and O–H groups in total. The van der Waals surface area contributed by atoms with Gasteiger partial charge in [-0.25, -0.2) is 4.79 Å². The maximum Gasteiger partial charge on any atom is 0.312 e. The summed E-state index contributed by atoms with van der Waals surface area (Å²) in [6.45, 7) is 5.39. The number of nitrogens with one attached hydrogen (secondary N) is 2. The lowest BCUT2D eigenvalue weighted by molar-refractivity contribution is -0.123. The molecule has 0 aliphatic rings. The van der Waals surface area contributed by atoms with Crippen molar-refractivity contribution in [2.75, 3.05) is 7.11 Å². The molecule has 1 rings (SSSR count). The van der Waals surface area contributed by atoms with E-state index in [1.165, 1.54) is 0 Å². The minimum absolute atomic E-state index is 0.241. The van der Waals surface area contributed by atoms with Crippen LogP contribution in [0.4, 0.5) is 4.79 Å². The van der Waals surface area contributed by atoms with Gasteiger partial charge in [-0.1, -0.05) is 17.7 Å². The molecule has 2 atom stereocenters. The average molecular weight is 279 g/mol. The van der Waals surface area contributed by atoms with E-state index in [0.717, 1.165) is 11.1 Å². The number of methoxy groups -OCH3 is 1. The smallest absolute Gasteiger partial charge is 0.312 e. The van der Waals surface area contributed by atoms with Gasteiger partial charge in [0.15, 0.2) is 0 Å². The van der Waals surface area contributed by atoms with Gasteiger partial charge >= 0.3 is 6.03 Å². The van der Waals surface area contributed by atoms with Gasteiger partial charge in [0, 0.05) is 5.56 Å². The quantitative estimate of drug-likeness (QED) is 0.757. The fraction of sp³-hybridized carbons (Fsp3) is 0.429. The van der Waals surface area contributed by atoms with Crippen LogP contribution >= 0.6 is 0 Å². The summed E-state index contributed by atoms with van der Waals surface area (Å²) in [7, 11) is 1.58. The number of urea groups is 1. The van der Waals surface area contributed by atoms with Gasteiger partial charge < -0.3 is 21.1 Å². The Hall–Kier alpha value is -2.24. The van der Waals surface area contributed by atoms with E-state index < -0.39 is 12.1 Å². The molecule has 0 fully saturated rings. The maximum absolute atomic E-state index is 11.9. The number of amides is 3. The summed E-state index contributed by atoms with van der Waals surface area (Å²) >= 11 is 0. The van der Waals surface area contributed by atoms with Crippen LogP contribution < -0.4 is 21.1 Å². The van der Waals surface area contributed by atoms with Gasteiger partial charge in [0.1, 0.15) is 11.8 Å². The van der Waals surface area contributed by atoms with Crippen LogP contribution in [-0.4, -0.2) is 25.1 Å². The number of hydrogen-bond acceptors (Lipinski definition) is 3. The summed E-state index contributed by atoms with van der Waals surface area (Å²) in [4.78, 5) is 22.7. The Morgan fingerprint density at radius 3 is 2.45 bits per heavy atom. The Balaban J connectivity index is 2.80. The van der Waals surface area contributed by atoms with E-state index >= 15 is 0 Å². The second-order valence-electron chi connectivity index (χ2n) is 4.71. The third kappa shape index (κ3) is 4.15. The van der Waals surface area contributed by atoms with Crippen LogP contribution in [0.25, 0.3) is 0 Å². The maximum atomic E-state index is 11.9. The van der Waals surface area contributed by atoms with Crippen LogP contribution in [0.3, 0.4) is 0 Å². The molecule has 0 radical (unpaired) electrons. The number of hydrogen-bond donors (Lipinski definition) is 3. The summed E-state index contributed by atoms with van der Waals surface area (Å²) in [5, 5.41) is 5.15. The Bertz CT molecular complexity index is 502. The van der Waals surface area contributed by atoms with Gasteiger partial charge in [-0.3, -0.25) is 4.79 Å². The topological polar surface area (TPSA) is 93.4 Å². The summed E-state index contributed by atoms with van der Waals surface area (Å²) < 4.78 is 5.29. The first-order chi connectivity index (χ1) is 9.35. The molecule has 0 saturated heterocycles. The number of aryl methyl sites for hydroxylation is 1. The molecule has 3 amide bonds. The highest BCUT2D eigenvalue weighted by Gasteiger charge is 2.19. The lowest BCUT2D eigenvalue weighted by Gasteiger charge is -2.20. The fourth-order valence-electron chi connectivity index (χ4n) is 1.89. The van der Waals surface area contributed by atoms with E-state index in [-0.39, 0.29) is 11.9 Å². The highest BCUT2D eigenvalue weighted by molar-refractivity contribution is 5.86. The molecule has 6 nitrogen and oxygen atoms in total. The highest BCUT2D eigenvalue weighted by Crippen LogP contribution is 2.25. The monoisotopic (exact) mass is 279 g/mol. The number of nitrogens with two attached hydrogens (primary N) is 1. The van der Waals surface area contributed by atoms with Crippen molar-refractivity contribution >= 4 is 11.9 Å². The van der Waals surface area contributed by atoms with Crippen LogP contribution in [0.15, 0.2) is 18.2 Å². The molecule has 0 saturated carbocycles. The molecule has 20 heavy (non-hydrogen) atoms. The van der Waals surface area contributed by atoms with Crippen LogP contribution in [0.1, 0.15) is 31.0 Å². The van der Waals surface area contributed by atoms with Crippen LogP contribution in [0, 0.1) is 6.92 Å². The molecule has 1 aromatic carbocycles. The van der Waals surface area contributed by atoms with Gasteiger partial charge in [-0.2, -0.15) is 0 Å². The van der Waals surface area contributed by atoms with E-state index in [9.17, 15) is 9.59 Å². The number of ether oxygens (including phenoxy) is 1. The van der Waals surface area contributed by atoms with E-state index in [1.807, 2.05) is 32.0 Å². The summed E-state index contributed by atoms with van der Waals surface area (Å²) in [6, 6.07) is 4.09. The second kappa shape index (κ2) is 6.79.